The van der Waals surface area contributed by atoms with E-state index in [2.05, 4.69) is 15.9 Å². The van der Waals surface area contributed by atoms with E-state index < -0.39 is 0 Å². The van der Waals surface area contributed by atoms with Gasteiger partial charge in [-0.3, -0.25) is 0 Å². The third-order valence-electron chi connectivity index (χ3n) is 1.70. The van der Waals surface area contributed by atoms with Crippen LogP contribution >= 0.6 is 27.7 Å². The minimum Gasteiger partial charge on any atom is -0.399 e. The van der Waals surface area contributed by atoms with Gasteiger partial charge in [-0.25, -0.2) is 0 Å². The maximum absolute atomic E-state index is 5.64. The Morgan fingerprint density at radius 2 is 2.13 bits per heavy atom. The van der Waals surface area contributed by atoms with Gasteiger partial charge in [0.05, 0.1) is 13.2 Å². The molecule has 0 unspecified atom stereocenters. The van der Waals surface area contributed by atoms with Crippen LogP contribution in [0.15, 0.2) is 27.6 Å². The predicted octanol–water partition coefficient (Wildman–Crippen LogP) is 2.10. The summed E-state index contributed by atoms with van der Waals surface area (Å²) in [5, 5.41) is 0. The van der Waals surface area contributed by atoms with Gasteiger partial charge < -0.3 is 16.2 Å². The summed E-state index contributed by atoms with van der Waals surface area (Å²) in [5.74, 6) is 0.919. The average molecular weight is 291 g/mol. The first-order chi connectivity index (χ1) is 7.24. The van der Waals surface area contributed by atoms with Crippen LogP contribution in [0.25, 0.3) is 0 Å². The zero-order chi connectivity index (χ0) is 11.1. The summed E-state index contributed by atoms with van der Waals surface area (Å²) in [6.07, 6.45) is 0. The minimum absolute atomic E-state index is 0.580. The van der Waals surface area contributed by atoms with E-state index in [9.17, 15) is 0 Å². The molecular formula is C10H15BrN2OS. The summed E-state index contributed by atoms with van der Waals surface area (Å²) in [4.78, 5) is 1.18. The molecule has 15 heavy (non-hydrogen) atoms. The maximum Gasteiger partial charge on any atom is 0.0589 e. The second-order valence-corrected chi connectivity index (χ2v) is 4.93. The van der Waals surface area contributed by atoms with Crippen LogP contribution in [0.2, 0.25) is 0 Å². The first-order valence-electron chi connectivity index (χ1n) is 4.69. The molecule has 84 valence electrons. The molecule has 0 saturated heterocycles. The summed E-state index contributed by atoms with van der Waals surface area (Å²) in [5.41, 5.74) is 11.7. The number of anilines is 1. The van der Waals surface area contributed by atoms with Gasteiger partial charge in [0.15, 0.2) is 0 Å². The number of hydrogen-bond acceptors (Lipinski definition) is 4. The Labute approximate surface area is 103 Å². The van der Waals surface area contributed by atoms with Crippen LogP contribution in [0, 0.1) is 0 Å². The van der Waals surface area contributed by atoms with Crippen molar-refractivity contribution < 1.29 is 4.74 Å². The van der Waals surface area contributed by atoms with Gasteiger partial charge in [0.2, 0.25) is 0 Å². The third kappa shape index (κ3) is 4.88. The van der Waals surface area contributed by atoms with Crippen molar-refractivity contribution in [1.29, 1.82) is 0 Å². The molecule has 1 aromatic rings. The van der Waals surface area contributed by atoms with Crippen molar-refractivity contribution in [2.24, 2.45) is 5.73 Å². The molecular weight excluding hydrogens is 276 g/mol. The zero-order valence-corrected chi connectivity index (χ0v) is 10.8. The first kappa shape index (κ1) is 12.8. The van der Waals surface area contributed by atoms with Gasteiger partial charge in [-0.05, 0) is 34.1 Å². The largest absolute Gasteiger partial charge is 0.399 e. The van der Waals surface area contributed by atoms with Gasteiger partial charge in [0.25, 0.3) is 0 Å². The number of nitrogens with two attached hydrogens (primary N) is 2. The molecule has 0 aromatic heterocycles. The van der Waals surface area contributed by atoms with Gasteiger partial charge >= 0.3 is 0 Å². The molecule has 0 aliphatic rings. The summed E-state index contributed by atoms with van der Waals surface area (Å²) in [6.45, 7) is 1.93. The van der Waals surface area contributed by atoms with E-state index in [4.69, 9.17) is 16.2 Å². The fourth-order valence-electron chi connectivity index (χ4n) is 1.03. The van der Waals surface area contributed by atoms with Crippen molar-refractivity contribution in [1.82, 2.24) is 0 Å². The molecule has 0 atom stereocenters. The van der Waals surface area contributed by atoms with E-state index in [-0.39, 0.29) is 0 Å². The summed E-state index contributed by atoms with van der Waals surface area (Å²) < 4.78 is 6.32. The number of rotatable bonds is 6. The molecule has 5 heteroatoms. The van der Waals surface area contributed by atoms with Crippen LogP contribution in [-0.2, 0) is 4.74 Å². The number of halogens is 1. The standard InChI is InChI=1S/C10H15BrN2OS/c11-9-7-8(13)1-2-10(9)15-6-5-14-4-3-12/h1-2,7H,3-6,12-13H2. The maximum atomic E-state index is 5.64. The average Bonchev–Trinajstić information content (AvgIpc) is 2.20. The van der Waals surface area contributed by atoms with Crippen molar-refractivity contribution in [2.45, 2.75) is 4.90 Å². The smallest absolute Gasteiger partial charge is 0.0589 e. The second-order valence-electron chi connectivity index (χ2n) is 2.94. The second kappa shape index (κ2) is 7.11. The van der Waals surface area contributed by atoms with E-state index >= 15 is 0 Å². The van der Waals surface area contributed by atoms with Crippen molar-refractivity contribution in [3.8, 4) is 0 Å². The lowest BCUT2D eigenvalue weighted by Crippen LogP contribution is -2.09. The van der Waals surface area contributed by atoms with E-state index in [1.54, 1.807) is 11.8 Å². The monoisotopic (exact) mass is 290 g/mol. The van der Waals surface area contributed by atoms with Crippen LogP contribution in [0.3, 0.4) is 0 Å². The van der Waals surface area contributed by atoms with Crippen LogP contribution in [0.5, 0.6) is 0 Å². The zero-order valence-electron chi connectivity index (χ0n) is 8.41. The Bertz CT molecular complexity index is 309. The molecule has 0 aliphatic carbocycles. The summed E-state index contributed by atoms with van der Waals surface area (Å²) in [6, 6.07) is 5.81. The number of thioether (sulfide) groups is 1. The number of benzene rings is 1. The van der Waals surface area contributed by atoms with Gasteiger partial charge in [0.1, 0.15) is 0 Å². The fourth-order valence-corrected chi connectivity index (χ4v) is 2.55. The molecule has 0 radical (unpaired) electrons. The molecule has 4 N–H and O–H groups in total. The van der Waals surface area contributed by atoms with Gasteiger partial charge in [-0.15, -0.1) is 11.8 Å². The van der Waals surface area contributed by atoms with Crippen LogP contribution in [0.1, 0.15) is 0 Å². The Hall–Kier alpha value is -0.230. The van der Waals surface area contributed by atoms with E-state index in [1.807, 2.05) is 18.2 Å². The van der Waals surface area contributed by atoms with Gasteiger partial charge in [0, 0.05) is 27.4 Å². The molecule has 1 aromatic carbocycles. The van der Waals surface area contributed by atoms with E-state index in [0.29, 0.717) is 13.2 Å². The predicted molar refractivity (Wildman–Crippen MR) is 69.2 cm³/mol. The lowest BCUT2D eigenvalue weighted by molar-refractivity contribution is 0.158. The van der Waals surface area contributed by atoms with Gasteiger partial charge in [-0.1, -0.05) is 0 Å². The SMILES string of the molecule is NCCOCCSc1ccc(N)cc1Br. The molecule has 0 fully saturated rings. The number of ether oxygens (including phenoxy) is 1. The number of nitrogen functional groups attached to an aromatic ring is 1. The molecule has 1 rings (SSSR count). The van der Waals surface area contributed by atoms with Crippen LogP contribution < -0.4 is 11.5 Å². The topological polar surface area (TPSA) is 61.3 Å². The molecule has 3 nitrogen and oxygen atoms in total. The van der Waals surface area contributed by atoms with Crippen molar-refractivity contribution in [3.63, 3.8) is 0 Å². The summed E-state index contributed by atoms with van der Waals surface area (Å²) in [7, 11) is 0. The molecule has 0 bridgehead atoms. The van der Waals surface area contributed by atoms with Gasteiger partial charge in [-0.2, -0.15) is 0 Å². The summed E-state index contributed by atoms with van der Waals surface area (Å²) >= 11 is 5.21. The molecule has 0 spiro atoms. The Balaban J connectivity index is 2.31. The molecule has 0 amide bonds. The third-order valence-corrected chi connectivity index (χ3v) is 3.66. The van der Waals surface area contributed by atoms with Crippen molar-refractivity contribution >= 4 is 33.4 Å². The minimum atomic E-state index is 0.580. The van der Waals surface area contributed by atoms with Crippen LogP contribution in [-0.4, -0.2) is 25.5 Å². The number of hydrogen-bond donors (Lipinski definition) is 2. The molecule has 0 heterocycles. The lowest BCUT2D eigenvalue weighted by atomic mass is 10.3. The quantitative estimate of drug-likeness (QED) is 0.479. The molecule has 0 aliphatic heterocycles. The highest BCUT2D eigenvalue weighted by molar-refractivity contribution is 9.10. The highest BCUT2D eigenvalue weighted by atomic mass is 79.9. The first-order valence-corrected chi connectivity index (χ1v) is 6.47. The lowest BCUT2D eigenvalue weighted by Gasteiger charge is -2.05. The highest BCUT2D eigenvalue weighted by Gasteiger charge is 2.00. The Morgan fingerprint density at radius 1 is 1.33 bits per heavy atom. The van der Waals surface area contributed by atoms with Crippen molar-refractivity contribution in [3.05, 3.63) is 22.7 Å². The Morgan fingerprint density at radius 3 is 2.80 bits per heavy atom. The normalized spacial score (nSPS) is 10.5. The Kier molecular flexibility index (Phi) is 6.09. The van der Waals surface area contributed by atoms with Crippen molar-refractivity contribution in [2.75, 3.05) is 31.2 Å². The van der Waals surface area contributed by atoms with E-state index in [1.165, 1.54) is 4.90 Å². The van der Waals surface area contributed by atoms with Crippen LogP contribution in [0.4, 0.5) is 5.69 Å². The highest BCUT2D eigenvalue weighted by Crippen LogP contribution is 2.28. The van der Waals surface area contributed by atoms with E-state index in [0.717, 1.165) is 22.5 Å². The fraction of sp³-hybridized carbons (Fsp3) is 0.400. The molecule has 0 saturated carbocycles.